The summed E-state index contributed by atoms with van der Waals surface area (Å²) in [4.78, 5) is 73.1. The number of phosphoric acid groups is 4. The highest BCUT2D eigenvalue weighted by Gasteiger charge is 2.56. The number of ether oxygens (including phenoxy) is 3. The average molecular weight is 662 g/mol. The number of hydrogen-bond acceptors (Lipinski definition) is 15. The number of rotatable bonds is 12. The fourth-order valence-corrected chi connectivity index (χ4v) is 5.81. The monoisotopic (exact) mass is 662 g/mol. The molecule has 0 aromatic carbocycles. The fourth-order valence-electron chi connectivity index (χ4n) is 3.56. The van der Waals surface area contributed by atoms with Crippen LogP contribution in [0, 0.1) is 0 Å². The molecule has 2 heterocycles. The van der Waals surface area contributed by atoms with Crippen molar-refractivity contribution in [2.45, 2.75) is 61.4 Å². The molecule has 232 valence electrons. The molecule has 2 rings (SSSR count). The normalized spacial score (nSPS) is 37.1. The van der Waals surface area contributed by atoms with Crippen molar-refractivity contribution < 1.29 is 110 Å². The van der Waals surface area contributed by atoms with Crippen molar-refractivity contribution in [1.29, 1.82) is 0 Å². The molecule has 0 aliphatic carbocycles. The van der Waals surface area contributed by atoms with Gasteiger partial charge in [-0.05, 0) is 0 Å². The lowest BCUT2D eigenvalue weighted by Crippen LogP contribution is -2.64. The van der Waals surface area contributed by atoms with Gasteiger partial charge in [-0.1, -0.05) is 0 Å². The van der Waals surface area contributed by atoms with Crippen LogP contribution >= 0.6 is 31.3 Å². The summed E-state index contributed by atoms with van der Waals surface area (Å²) in [6, 6.07) is 0. The maximum Gasteiger partial charge on any atom is 0.470 e. The summed E-state index contributed by atoms with van der Waals surface area (Å²) in [5, 5.41) is 40.2. The van der Waals surface area contributed by atoms with E-state index < -0.39 is 106 Å². The molecule has 0 spiro atoms. The lowest BCUT2D eigenvalue weighted by molar-refractivity contribution is -0.371. The van der Waals surface area contributed by atoms with Crippen molar-refractivity contribution in [3.05, 3.63) is 0 Å². The summed E-state index contributed by atoms with van der Waals surface area (Å²) in [6.07, 6.45) is -22.9. The van der Waals surface area contributed by atoms with Crippen LogP contribution in [0.3, 0.4) is 0 Å². The van der Waals surface area contributed by atoms with Gasteiger partial charge in [-0.15, -0.1) is 0 Å². The molecule has 0 radical (unpaired) electrons. The van der Waals surface area contributed by atoms with Crippen LogP contribution in [0.2, 0.25) is 0 Å². The van der Waals surface area contributed by atoms with Crippen molar-refractivity contribution in [2.75, 3.05) is 13.2 Å². The number of hydrogen-bond donors (Lipinski definition) is 12. The number of phosphoric ester groups is 4. The van der Waals surface area contributed by atoms with Gasteiger partial charge in [0.1, 0.15) is 48.8 Å². The van der Waals surface area contributed by atoms with Gasteiger partial charge in [0.15, 0.2) is 12.6 Å². The number of aliphatic hydroxyl groups excluding tert-OH is 4. The summed E-state index contributed by atoms with van der Waals surface area (Å²) in [6.45, 7) is -2.41. The highest BCUT2D eigenvalue weighted by Crippen LogP contribution is 2.48. The van der Waals surface area contributed by atoms with Crippen molar-refractivity contribution in [3.63, 3.8) is 0 Å². The Bertz CT molecular complexity index is 999. The van der Waals surface area contributed by atoms with Crippen molar-refractivity contribution in [3.8, 4) is 0 Å². The van der Waals surface area contributed by atoms with E-state index in [1.165, 1.54) is 0 Å². The van der Waals surface area contributed by atoms with Gasteiger partial charge in [-0.25, -0.2) is 18.3 Å². The maximum absolute atomic E-state index is 11.5. The Labute approximate surface area is 216 Å². The quantitative estimate of drug-likeness (QED) is 0.0871. The average Bonchev–Trinajstić information content (AvgIpc) is 2.73. The minimum absolute atomic E-state index is 1.18. The van der Waals surface area contributed by atoms with Crippen molar-refractivity contribution in [2.24, 2.45) is 0 Å². The predicted octanol–water partition coefficient (Wildman–Crippen LogP) is -4.93. The molecular formula is C12H26O23P4. The van der Waals surface area contributed by atoms with Crippen LogP contribution < -0.4 is 0 Å². The summed E-state index contributed by atoms with van der Waals surface area (Å²) in [5.41, 5.74) is 0. The second-order valence-corrected chi connectivity index (χ2v) is 12.6. The molecule has 2 aliphatic rings. The minimum atomic E-state index is -5.58. The molecule has 27 heteroatoms. The lowest BCUT2D eigenvalue weighted by atomic mass is 9.98. The summed E-state index contributed by atoms with van der Waals surface area (Å²) in [5.74, 6) is 0. The van der Waals surface area contributed by atoms with Crippen LogP contribution in [-0.4, -0.2) is 134 Å². The third-order valence-corrected chi connectivity index (χ3v) is 6.97. The van der Waals surface area contributed by atoms with Gasteiger partial charge in [0.25, 0.3) is 0 Å². The molecule has 0 aromatic rings. The summed E-state index contributed by atoms with van der Waals surface area (Å²) in [7, 11) is -22.1. The Balaban J connectivity index is 2.44. The van der Waals surface area contributed by atoms with E-state index in [0.717, 1.165) is 0 Å². The Morgan fingerprint density at radius 2 is 0.872 bits per heavy atom. The van der Waals surface area contributed by atoms with E-state index in [9.17, 15) is 58.3 Å². The molecule has 0 aromatic heterocycles. The highest BCUT2D eigenvalue weighted by molar-refractivity contribution is 7.47. The largest absolute Gasteiger partial charge is 0.470 e. The zero-order chi connectivity index (χ0) is 30.1. The minimum Gasteiger partial charge on any atom is -0.394 e. The first-order valence-corrected chi connectivity index (χ1v) is 16.2. The zero-order valence-electron chi connectivity index (χ0n) is 18.8. The molecule has 12 N–H and O–H groups in total. The van der Waals surface area contributed by atoms with Crippen LogP contribution in [0.4, 0.5) is 0 Å². The topological polar surface area (TPSA) is 376 Å². The third kappa shape index (κ3) is 10.7. The van der Waals surface area contributed by atoms with Crippen LogP contribution in [-0.2, 0) is 50.6 Å². The van der Waals surface area contributed by atoms with Gasteiger partial charge >= 0.3 is 31.3 Å². The molecule has 2 fully saturated rings. The van der Waals surface area contributed by atoms with E-state index in [-0.39, 0.29) is 0 Å². The molecule has 39 heavy (non-hydrogen) atoms. The molecule has 0 unspecified atom stereocenters. The van der Waals surface area contributed by atoms with Gasteiger partial charge in [-0.2, -0.15) is 0 Å². The summed E-state index contributed by atoms with van der Waals surface area (Å²) >= 11 is 0. The van der Waals surface area contributed by atoms with Crippen molar-refractivity contribution in [1.82, 2.24) is 0 Å². The maximum atomic E-state index is 11.5. The van der Waals surface area contributed by atoms with Gasteiger partial charge in [0, 0.05) is 0 Å². The van der Waals surface area contributed by atoms with E-state index in [4.69, 9.17) is 33.8 Å². The molecule has 0 bridgehead atoms. The molecule has 0 amide bonds. The van der Waals surface area contributed by atoms with E-state index >= 15 is 0 Å². The predicted molar refractivity (Wildman–Crippen MR) is 112 cm³/mol. The van der Waals surface area contributed by atoms with Crippen LogP contribution in [0.15, 0.2) is 0 Å². The summed E-state index contributed by atoms with van der Waals surface area (Å²) < 4.78 is 78.2. The van der Waals surface area contributed by atoms with Crippen molar-refractivity contribution >= 4 is 31.3 Å². The Morgan fingerprint density at radius 1 is 0.513 bits per heavy atom. The first kappa shape index (κ1) is 35.4. The zero-order valence-corrected chi connectivity index (χ0v) is 22.4. The Kier molecular flexibility index (Phi) is 12.0. The lowest BCUT2D eigenvalue weighted by Gasteiger charge is -2.47. The number of aliphatic hydroxyl groups is 4. The van der Waals surface area contributed by atoms with E-state index in [2.05, 4.69) is 18.1 Å². The van der Waals surface area contributed by atoms with E-state index in [0.29, 0.717) is 0 Å². The van der Waals surface area contributed by atoms with Gasteiger partial charge < -0.3 is 73.8 Å². The Morgan fingerprint density at radius 3 is 1.31 bits per heavy atom. The van der Waals surface area contributed by atoms with Gasteiger partial charge in [0.05, 0.1) is 13.2 Å². The molecule has 0 saturated carbocycles. The van der Waals surface area contributed by atoms with Crippen LogP contribution in [0.25, 0.3) is 0 Å². The second kappa shape index (κ2) is 13.2. The molecule has 10 atom stereocenters. The molecule has 23 nitrogen and oxygen atoms in total. The molecule has 2 aliphatic heterocycles. The van der Waals surface area contributed by atoms with Crippen LogP contribution in [0.1, 0.15) is 0 Å². The molecule has 2 saturated heterocycles. The van der Waals surface area contributed by atoms with Gasteiger partial charge in [0.2, 0.25) is 0 Å². The highest BCUT2D eigenvalue weighted by atomic mass is 31.2. The second-order valence-electron chi connectivity index (χ2n) is 7.81. The SMILES string of the molecule is O=P(O)(O)O[C@@H]1[C@@H](O)[C@@H](O[C@H]2O[C@H](CO)[C@@H](OP(=O)(O)O)[C@H](O)[C@H]2OP(=O)(O)O)O[C@H](CO)[C@H]1OP(=O)(O)O. The third-order valence-electron chi connectivity index (χ3n) is 4.90. The first-order valence-electron chi connectivity index (χ1n) is 10.0. The van der Waals surface area contributed by atoms with E-state index in [1.807, 2.05) is 0 Å². The van der Waals surface area contributed by atoms with Crippen LogP contribution in [0.5, 0.6) is 0 Å². The Hall–Kier alpha value is 0.160. The van der Waals surface area contributed by atoms with E-state index in [1.54, 1.807) is 0 Å². The van der Waals surface area contributed by atoms with Gasteiger partial charge in [-0.3, -0.25) is 18.1 Å². The fraction of sp³-hybridized carbons (Fsp3) is 1.00. The standard InChI is InChI=1S/C12H26O23P4/c13-1-3-7(32-36(17,18)19)5(15)10(35-39(26,27)28)12(30-3)31-11-6(16)9(34-38(23,24)25)8(4(2-14)29-11)33-37(20,21)22/h3-16H,1-2H2,(H2,17,18,19)(H2,20,21,22)(H2,23,24,25)(H2,26,27,28)/t3-,4-,5+,6-,7-,8-,9-,10-,11-,12-/m1/s1. The first-order chi connectivity index (χ1) is 17.5. The smallest absolute Gasteiger partial charge is 0.394 e. The molecular weight excluding hydrogens is 636 g/mol.